The maximum Gasteiger partial charge on any atom is 0.230 e. The van der Waals surface area contributed by atoms with Crippen LogP contribution in [0.1, 0.15) is 19.4 Å². The predicted octanol–water partition coefficient (Wildman–Crippen LogP) is 2.12. The molecule has 1 aliphatic heterocycles. The van der Waals surface area contributed by atoms with Gasteiger partial charge < -0.3 is 14.3 Å². The van der Waals surface area contributed by atoms with Crippen LogP contribution in [-0.4, -0.2) is 56.4 Å². The molecule has 1 aliphatic rings. The first-order valence-electron chi connectivity index (χ1n) is 7.26. The molecule has 0 N–H and O–H groups in total. The highest BCUT2D eigenvalue weighted by Crippen LogP contribution is 2.12. The predicted molar refractivity (Wildman–Crippen MR) is 82.4 cm³/mol. The van der Waals surface area contributed by atoms with Gasteiger partial charge in [0.25, 0.3) is 0 Å². The van der Waals surface area contributed by atoms with Crippen molar-refractivity contribution in [1.82, 2.24) is 4.90 Å². The Morgan fingerprint density at radius 1 is 1.24 bits per heavy atom. The van der Waals surface area contributed by atoms with Crippen LogP contribution in [0.4, 0.5) is 0 Å². The first-order chi connectivity index (χ1) is 10.1. The minimum atomic E-state index is -0.731. The lowest BCUT2D eigenvalue weighted by molar-refractivity contribution is -0.197. The number of nitrogens with zero attached hydrogens (tertiary/aromatic N) is 2. The molecule has 1 saturated heterocycles. The first-order valence-corrected chi connectivity index (χ1v) is 7.26. The van der Waals surface area contributed by atoms with E-state index in [0.717, 1.165) is 44.1 Å². The molecule has 2 rings (SSSR count). The van der Waals surface area contributed by atoms with Gasteiger partial charge in [0.05, 0.1) is 13.2 Å². The third kappa shape index (κ3) is 5.12. The summed E-state index contributed by atoms with van der Waals surface area (Å²) in [6.07, 6.45) is 0. The molecule has 1 fully saturated rings. The van der Waals surface area contributed by atoms with Crippen molar-refractivity contribution in [3.05, 3.63) is 35.9 Å². The van der Waals surface area contributed by atoms with Crippen LogP contribution in [-0.2, 0) is 14.3 Å². The summed E-state index contributed by atoms with van der Waals surface area (Å²) in [5.74, 6) is -0.731. The summed E-state index contributed by atoms with van der Waals surface area (Å²) in [6.45, 7) is 7.80. The summed E-state index contributed by atoms with van der Waals surface area (Å²) < 4.78 is 10.6. The molecular weight excluding hydrogens is 268 g/mol. The lowest BCUT2D eigenvalue weighted by atomic mass is 10.1. The van der Waals surface area contributed by atoms with E-state index in [1.165, 1.54) is 0 Å². The Morgan fingerprint density at radius 3 is 2.52 bits per heavy atom. The van der Waals surface area contributed by atoms with Crippen LogP contribution in [0.3, 0.4) is 0 Å². The summed E-state index contributed by atoms with van der Waals surface area (Å²) in [6, 6.07) is 10.1. The van der Waals surface area contributed by atoms with Crippen LogP contribution in [0.2, 0.25) is 0 Å². The fourth-order valence-electron chi connectivity index (χ4n) is 1.98. The van der Waals surface area contributed by atoms with Crippen LogP contribution < -0.4 is 0 Å². The highest BCUT2D eigenvalue weighted by molar-refractivity contribution is 6.01. The number of benzene rings is 1. The zero-order valence-electron chi connectivity index (χ0n) is 13.0. The van der Waals surface area contributed by atoms with E-state index in [9.17, 15) is 0 Å². The van der Waals surface area contributed by atoms with Crippen LogP contribution in [0.15, 0.2) is 35.5 Å². The van der Waals surface area contributed by atoms with Gasteiger partial charge in [0.1, 0.15) is 5.71 Å². The largest absolute Gasteiger partial charge is 0.379 e. The third-order valence-electron chi connectivity index (χ3n) is 3.45. The second kappa shape index (κ2) is 7.54. The van der Waals surface area contributed by atoms with Crippen molar-refractivity contribution in [2.24, 2.45) is 5.16 Å². The summed E-state index contributed by atoms with van der Waals surface area (Å²) >= 11 is 0. The number of methoxy groups -OCH3 is 1. The molecule has 0 aliphatic carbocycles. The van der Waals surface area contributed by atoms with Gasteiger partial charge in [0.2, 0.25) is 5.79 Å². The smallest absolute Gasteiger partial charge is 0.230 e. The monoisotopic (exact) mass is 292 g/mol. The number of oxime groups is 1. The molecule has 5 nitrogen and oxygen atoms in total. The number of hydrogen-bond acceptors (Lipinski definition) is 5. The molecule has 0 aromatic heterocycles. The normalized spacial score (nSPS) is 17.8. The fourth-order valence-corrected chi connectivity index (χ4v) is 1.98. The topological polar surface area (TPSA) is 43.3 Å². The molecule has 21 heavy (non-hydrogen) atoms. The van der Waals surface area contributed by atoms with Gasteiger partial charge in [-0.25, -0.2) is 0 Å². The van der Waals surface area contributed by atoms with Crippen molar-refractivity contribution in [1.29, 1.82) is 0 Å². The molecule has 0 bridgehead atoms. The molecule has 0 atom stereocenters. The lowest BCUT2D eigenvalue weighted by Gasteiger charge is -2.27. The van der Waals surface area contributed by atoms with E-state index in [1.54, 1.807) is 7.11 Å². The molecule has 1 aromatic carbocycles. The Labute approximate surface area is 126 Å². The van der Waals surface area contributed by atoms with Gasteiger partial charge >= 0.3 is 0 Å². The molecule has 5 heteroatoms. The molecule has 0 unspecified atom stereocenters. The molecule has 0 radical (unpaired) electrons. The highest BCUT2D eigenvalue weighted by Gasteiger charge is 2.20. The Morgan fingerprint density at radius 2 is 1.90 bits per heavy atom. The zero-order chi connectivity index (χ0) is 15.1. The average Bonchev–Trinajstić information content (AvgIpc) is 2.53. The number of hydrogen-bond donors (Lipinski definition) is 0. The minimum Gasteiger partial charge on any atom is -0.379 e. The van der Waals surface area contributed by atoms with E-state index in [1.807, 2.05) is 44.2 Å². The van der Waals surface area contributed by atoms with Crippen LogP contribution >= 0.6 is 0 Å². The minimum absolute atomic E-state index is 0.731. The van der Waals surface area contributed by atoms with E-state index in [-0.39, 0.29) is 0 Å². The number of morpholine rings is 1. The second-order valence-corrected chi connectivity index (χ2v) is 5.49. The molecule has 0 spiro atoms. The maximum atomic E-state index is 5.54. The van der Waals surface area contributed by atoms with Crippen molar-refractivity contribution in [2.45, 2.75) is 19.6 Å². The van der Waals surface area contributed by atoms with Crippen molar-refractivity contribution in [3.63, 3.8) is 0 Å². The molecular formula is C16H24N2O3. The quantitative estimate of drug-likeness (QED) is 0.458. The number of rotatable bonds is 6. The van der Waals surface area contributed by atoms with Crippen LogP contribution in [0.25, 0.3) is 0 Å². The van der Waals surface area contributed by atoms with Gasteiger partial charge in [0, 0.05) is 46.2 Å². The second-order valence-electron chi connectivity index (χ2n) is 5.49. The standard InChI is InChI=1S/C16H24N2O3/c1-16(2,19-3)21-17-15(14-7-5-4-6-8-14)13-18-9-11-20-12-10-18/h4-8H,9-13H2,1-3H3/b17-15-. The van der Waals surface area contributed by atoms with Gasteiger partial charge in [-0.15, -0.1) is 0 Å². The molecule has 1 heterocycles. The average molecular weight is 292 g/mol. The Bertz CT molecular complexity index is 454. The zero-order valence-corrected chi connectivity index (χ0v) is 13.0. The maximum absolute atomic E-state index is 5.54. The Balaban J connectivity index is 2.12. The van der Waals surface area contributed by atoms with E-state index >= 15 is 0 Å². The summed E-state index contributed by atoms with van der Waals surface area (Å²) in [4.78, 5) is 7.86. The summed E-state index contributed by atoms with van der Waals surface area (Å²) in [5.41, 5.74) is 1.97. The van der Waals surface area contributed by atoms with E-state index in [2.05, 4.69) is 10.1 Å². The van der Waals surface area contributed by atoms with E-state index < -0.39 is 5.79 Å². The summed E-state index contributed by atoms with van der Waals surface area (Å²) in [7, 11) is 1.61. The highest BCUT2D eigenvalue weighted by atomic mass is 16.8. The van der Waals surface area contributed by atoms with Gasteiger partial charge in [-0.05, 0) is 0 Å². The van der Waals surface area contributed by atoms with Crippen molar-refractivity contribution in [2.75, 3.05) is 40.0 Å². The van der Waals surface area contributed by atoms with Crippen molar-refractivity contribution >= 4 is 5.71 Å². The molecule has 0 amide bonds. The molecule has 1 aromatic rings. The SMILES string of the molecule is COC(C)(C)O/N=C(/CN1CCOCC1)c1ccccc1. The van der Waals surface area contributed by atoms with Gasteiger partial charge in [-0.2, -0.15) is 0 Å². The third-order valence-corrected chi connectivity index (χ3v) is 3.45. The lowest BCUT2D eigenvalue weighted by Crippen LogP contribution is -2.40. The van der Waals surface area contributed by atoms with Crippen LogP contribution in [0, 0.1) is 0 Å². The van der Waals surface area contributed by atoms with E-state index in [4.69, 9.17) is 14.3 Å². The Hall–Kier alpha value is -1.43. The van der Waals surface area contributed by atoms with Gasteiger partial charge in [-0.1, -0.05) is 35.5 Å². The van der Waals surface area contributed by atoms with E-state index in [0.29, 0.717) is 0 Å². The van der Waals surface area contributed by atoms with Crippen LogP contribution in [0.5, 0.6) is 0 Å². The fraction of sp³-hybridized carbons (Fsp3) is 0.562. The molecule has 116 valence electrons. The Kier molecular flexibility index (Phi) is 5.73. The van der Waals surface area contributed by atoms with Gasteiger partial charge in [0.15, 0.2) is 0 Å². The van der Waals surface area contributed by atoms with Gasteiger partial charge in [-0.3, -0.25) is 4.90 Å². The van der Waals surface area contributed by atoms with Crippen molar-refractivity contribution < 1.29 is 14.3 Å². The molecule has 0 saturated carbocycles. The summed E-state index contributed by atoms with van der Waals surface area (Å²) in [5, 5.41) is 4.34. The number of ether oxygens (including phenoxy) is 2. The van der Waals surface area contributed by atoms with Crippen molar-refractivity contribution in [3.8, 4) is 0 Å². The first kappa shape index (κ1) is 15.9.